The van der Waals surface area contributed by atoms with Gasteiger partial charge >= 0.3 is 0 Å². The van der Waals surface area contributed by atoms with E-state index in [1.807, 2.05) is 0 Å². The van der Waals surface area contributed by atoms with Crippen LogP contribution in [0.1, 0.15) is 0 Å². The molecule has 0 amide bonds. The molecule has 2 rings (SSSR count). The number of non-ortho nitro benzene ring substituents is 1. The number of nitrogens with one attached hydrogen (secondary N) is 1. The van der Waals surface area contributed by atoms with E-state index < -0.39 is 15.5 Å². The van der Waals surface area contributed by atoms with Crippen LogP contribution in [-0.2, 0) is 7.05 Å². The van der Waals surface area contributed by atoms with Gasteiger partial charge in [0.15, 0.2) is 10.6 Å². The van der Waals surface area contributed by atoms with Crippen LogP contribution in [-0.4, -0.2) is 24.6 Å². The van der Waals surface area contributed by atoms with E-state index in [9.17, 15) is 20.2 Å². The molecule has 1 aromatic heterocycles. The smallest absolute Gasteiger partial charge is 0.287 e. The maximum absolute atomic E-state index is 11.0. The minimum atomic E-state index is -0.695. The topological polar surface area (TPSA) is 120 Å². The molecule has 1 N–H and O–H groups in total. The lowest BCUT2D eigenvalue weighted by atomic mass is 10.1. The summed E-state index contributed by atoms with van der Waals surface area (Å²) in [6.07, 6.45) is 0. The normalized spacial score (nSPS) is 10.4. The van der Waals surface area contributed by atoms with Crippen LogP contribution in [0.4, 0.5) is 11.4 Å². The van der Waals surface area contributed by atoms with Crippen LogP contribution in [0, 0.1) is 25.0 Å². The Morgan fingerprint density at radius 3 is 2.47 bits per heavy atom. The average molecular weight is 281 g/mol. The van der Waals surface area contributed by atoms with Crippen LogP contribution in [0.25, 0.3) is 11.4 Å². The summed E-state index contributed by atoms with van der Waals surface area (Å²) >= 11 is 4.92. The van der Waals surface area contributed by atoms with Crippen molar-refractivity contribution in [1.82, 2.24) is 14.8 Å². The number of nitro benzene ring substituents is 2. The van der Waals surface area contributed by atoms with Crippen molar-refractivity contribution >= 4 is 23.6 Å². The Bertz CT molecular complexity index is 734. The summed E-state index contributed by atoms with van der Waals surface area (Å²) in [7, 11) is 1.59. The van der Waals surface area contributed by atoms with E-state index >= 15 is 0 Å². The molecule has 1 aromatic carbocycles. The molecule has 0 radical (unpaired) electrons. The summed E-state index contributed by atoms with van der Waals surface area (Å²) in [6, 6.07) is 3.36. The van der Waals surface area contributed by atoms with Crippen molar-refractivity contribution in [3.63, 3.8) is 0 Å². The fourth-order valence-corrected chi connectivity index (χ4v) is 1.69. The lowest BCUT2D eigenvalue weighted by molar-refractivity contribution is -0.393. The lowest BCUT2D eigenvalue weighted by Crippen LogP contribution is -1.99. The Morgan fingerprint density at radius 2 is 2.00 bits per heavy atom. The van der Waals surface area contributed by atoms with Gasteiger partial charge in [0.25, 0.3) is 11.4 Å². The highest BCUT2D eigenvalue weighted by molar-refractivity contribution is 7.71. The first kappa shape index (κ1) is 12.8. The monoisotopic (exact) mass is 281 g/mol. The van der Waals surface area contributed by atoms with Crippen molar-refractivity contribution in [2.75, 3.05) is 0 Å². The first-order valence-electron chi connectivity index (χ1n) is 4.96. The first-order valence-corrected chi connectivity index (χ1v) is 5.37. The van der Waals surface area contributed by atoms with Gasteiger partial charge in [-0.3, -0.25) is 25.3 Å². The maximum atomic E-state index is 11.0. The van der Waals surface area contributed by atoms with Crippen molar-refractivity contribution in [3.05, 3.63) is 43.2 Å². The van der Waals surface area contributed by atoms with Gasteiger partial charge in [-0.05, 0) is 18.3 Å². The van der Waals surface area contributed by atoms with Gasteiger partial charge in [-0.25, -0.2) is 0 Å². The minimum absolute atomic E-state index is 0.158. The van der Waals surface area contributed by atoms with Gasteiger partial charge in [0, 0.05) is 13.1 Å². The molecular formula is C9H7N5O4S. The van der Waals surface area contributed by atoms with E-state index in [1.165, 1.54) is 16.7 Å². The Balaban J connectivity index is 2.70. The molecule has 1 heterocycles. The number of rotatable bonds is 3. The number of H-pyrrole nitrogens is 1. The molecule has 9 nitrogen and oxygen atoms in total. The molecule has 19 heavy (non-hydrogen) atoms. The van der Waals surface area contributed by atoms with Crippen molar-refractivity contribution < 1.29 is 9.85 Å². The third-order valence-corrected chi connectivity index (χ3v) is 2.87. The van der Waals surface area contributed by atoms with Crippen molar-refractivity contribution in [3.8, 4) is 11.4 Å². The van der Waals surface area contributed by atoms with Crippen molar-refractivity contribution in [2.24, 2.45) is 7.05 Å². The maximum Gasteiger partial charge on any atom is 0.287 e. The number of aromatic nitrogens is 3. The van der Waals surface area contributed by atoms with Gasteiger partial charge in [-0.2, -0.15) is 5.10 Å². The second-order valence-corrected chi connectivity index (χ2v) is 4.01. The molecule has 0 fully saturated rings. The number of nitrogens with zero attached hydrogens (tertiary/aromatic N) is 4. The molecule has 0 saturated heterocycles. The molecular weight excluding hydrogens is 274 g/mol. The number of hydrogen-bond acceptors (Lipinski definition) is 6. The van der Waals surface area contributed by atoms with Gasteiger partial charge < -0.3 is 4.57 Å². The summed E-state index contributed by atoms with van der Waals surface area (Å²) in [5, 5.41) is 28.0. The van der Waals surface area contributed by atoms with Gasteiger partial charge in [-0.15, -0.1) is 0 Å². The summed E-state index contributed by atoms with van der Waals surface area (Å²) in [6.45, 7) is 0. The van der Waals surface area contributed by atoms with Gasteiger partial charge in [-0.1, -0.05) is 0 Å². The molecule has 98 valence electrons. The Morgan fingerprint density at radius 1 is 1.32 bits per heavy atom. The average Bonchev–Trinajstić information content (AvgIpc) is 2.69. The molecule has 0 spiro atoms. The number of hydrogen-bond donors (Lipinski definition) is 1. The SMILES string of the molecule is Cn1c(-c2ccc([N+](=O)[O-])cc2[N+](=O)[O-])n[nH]c1=S. The van der Waals surface area contributed by atoms with E-state index in [1.54, 1.807) is 7.05 Å². The predicted molar refractivity (Wildman–Crippen MR) is 67.1 cm³/mol. The number of aromatic amines is 1. The lowest BCUT2D eigenvalue weighted by Gasteiger charge is -2.02. The summed E-state index contributed by atoms with van der Waals surface area (Å²) in [5.74, 6) is 0.242. The van der Waals surface area contributed by atoms with E-state index in [2.05, 4.69) is 10.2 Å². The second-order valence-electron chi connectivity index (χ2n) is 3.63. The van der Waals surface area contributed by atoms with Crippen LogP contribution >= 0.6 is 12.2 Å². The van der Waals surface area contributed by atoms with E-state index in [0.717, 1.165) is 6.07 Å². The third kappa shape index (κ3) is 2.20. The highest BCUT2D eigenvalue weighted by atomic mass is 32.1. The summed E-state index contributed by atoms with van der Waals surface area (Å²) in [5.41, 5.74) is -0.594. The molecule has 0 aliphatic carbocycles. The minimum Gasteiger partial charge on any atom is -0.303 e. The molecule has 0 bridgehead atoms. The van der Waals surface area contributed by atoms with Crippen LogP contribution < -0.4 is 0 Å². The number of nitro groups is 2. The number of benzene rings is 1. The summed E-state index contributed by atoms with van der Waals surface area (Å²) in [4.78, 5) is 20.2. The van der Waals surface area contributed by atoms with Gasteiger partial charge in [0.2, 0.25) is 0 Å². The molecule has 0 unspecified atom stereocenters. The quantitative estimate of drug-likeness (QED) is 0.521. The molecule has 0 saturated carbocycles. The van der Waals surface area contributed by atoms with Crippen molar-refractivity contribution in [2.45, 2.75) is 0 Å². The fraction of sp³-hybridized carbons (Fsp3) is 0.111. The van der Waals surface area contributed by atoms with Crippen LogP contribution in [0.3, 0.4) is 0 Å². The highest BCUT2D eigenvalue weighted by Crippen LogP contribution is 2.31. The highest BCUT2D eigenvalue weighted by Gasteiger charge is 2.23. The Hall–Kier alpha value is -2.62. The second kappa shape index (κ2) is 4.57. The molecule has 0 atom stereocenters. The Kier molecular flexibility index (Phi) is 3.09. The van der Waals surface area contributed by atoms with Gasteiger partial charge in [0.1, 0.15) is 0 Å². The fourth-order valence-electron chi connectivity index (χ4n) is 1.56. The standard InChI is InChI=1S/C9H7N5O4S/c1-12-8(10-11-9(12)19)6-3-2-5(13(15)16)4-7(6)14(17)18/h2-4H,1H3,(H,11,19). The molecule has 10 heteroatoms. The predicted octanol–water partition coefficient (Wildman–Crippen LogP) is 1.96. The van der Waals surface area contributed by atoms with E-state index in [4.69, 9.17) is 12.2 Å². The van der Waals surface area contributed by atoms with Crippen molar-refractivity contribution in [1.29, 1.82) is 0 Å². The van der Waals surface area contributed by atoms with Crippen LogP contribution in [0.15, 0.2) is 18.2 Å². The summed E-state index contributed by atoms with van der Waals surface area (Å²) < 4.78 is 1.74. The molecule has 0 aliphatic rings. The van der Waals surface area contributed by atoms with E-state index in [0.29, 0.717) is 4.77 Å². The molecule has 0 aliphatic heterocycles. The Labute approximate surface area is 110 Å². The van der Waals surface area contributed by atoms with Gasteiger partial charge in [0.05, 0.1) is 21.5 Å². The largest absolute Gasteiger partial charge is 0.303 e. The third-order valence-electron chi connectivity index (χ3n) is 2.51. The van der Waals surface area contributed by atoms with Crippen LogP contribution in [0.2, 0.25) is 0 Å². The zero-order valence-corrected chi connectivity index (χ0v) is 10.4. The molecule has 2 aromatic rings. The van der Waals surface area contributed by atoms with E-state index in [-0.39, 0.29) is 17.1 Å². The zero-order valence-electron chi connectivity index (χ0n) is 9.56. The first-order chi connectivity index (χ1) is 8.91. The van der Waals surface area contributed by atoms with Crippen LogP contribution in [0.5, 0.6) is 0 Å². The zero-order chi connectivity index (χ0) is 14.2.